The number of Topliss-reactive ketones (excluding diaryl/α,β-unsaturated/α-hetero) is 1. The smallest absolute Gasteiger partial charge is 0.257 e. The summed E-state index contributed by atoms with van der Waals surface area (Å²) in [5.41, 5.74) is -0.703. The van der Waals surface area contributed by atoms with Gasteiger partial charge in [-0.25, -0.2) is 0 Å². The summed E-state index contributed by atoms with van der Waals surface area (Å²) >= 11 is 0. The van der Waals surface area contributed by atoms with Crippen LogP contribution in [0.2, 0.25) is 0 Å². The van der Waals surface area contributed by atoms with Gasteiger partial charge in [0.2, 0.25) is 0 Å². The van der Waals surface area contributed by atoms with Crippen LogP contribution in [0.3, 0.4) is 0 Å². The van der Waals surface area contributed by atoms with Gasteiger partial charge in [-0.3, -0.25) is 4.79 Å². The van der Waals surface area contributed by atoms with Gasteiger partial charge < -0.3 is 9.39 Å². The molecule has 0 fully saturated rings. The van der Waals surface area contributed by atoms with Gasteiger partial charge in [-0.1, -0.05) is 13.3 Å². The first-order chi connectivity index (χ1) is 6.04. The average molecular weight is 186 g/mol. The monoisotopic (exact) mass is 186 g/mol. The number of carbonyl (C=O) groups excluding carboxylic acids is 1. The van der Waals surface area contributed by atoms with Gasteiger partial charge in [-0.2, -0.15) is 0 Å². The van der Waals surface area contributed by atoms with Gasteiger partial charge in [0.1, 0.15) is 5.60 Å². The molecule has 0 aromatic heterocycles. The summed E-state index contributed by atoms with van der Waals surface area (Å²) in [6.45, 7) is 6.42. The summed E-state index contributed by atoms with van der Waals surface area (Å²) in [4.78, 5) is 11.4. The molecule has 0 heterocycles. The third-order valence-electron chi connectivity index (χ3n) is 1.91. The van der Waals surface area contributed by atoms with Gasteiger partial charge in [0, 0.05) is 6.61 Å². The molecule has 0 unspecified atom stereocenters. The van der Waals surface area contributed by atoms with Crippen molar-refractivity contribution in [1.29, 1.82) is 0 Å². The molecule has 0 spiro atoms. The maximum atomic E-state index is 11.4. The van der Waals surface area contributed by atoms with Crippen molar-refractivity contribution in [2.24, 2.45) is 0 Å². The highest BCUT2D eigenvalue weighted by atomic mass is 16.5. The van der Waals surface area contributed by atoms with Crippen LogP contribution in [0.5, 0.6) is 0 Å². The molecule has 0 aromatic carbocycles. The van der Waals surface area contributed by atoms with Gasteiger partial charge in [0.05, 0.1) is 6.61 Å². The Balaban J connectivity index is 3.83. The number of carbonyl (C=O) groups is 1. The lowest BCUT2D eigenvalue weighted by molar-refractivity contribution is -0.142. The van der Waals surface area contributed by atoms with Crippen LogP contribution in [0.15, 0.2) is 0 Å². The highest BCUT2D eigenvalue weighted by Gasteiger charge is 2.27. The Morgan fingerprint density at radius 3 is 2.54 bits per heavy atom. The first-order valence-electron chi connectivity index (χ1n) is 4.70. The van der Waals surface area contributed by atoms with Gasteiger partial charge in [-0.15, -0.1) is 0 Å². The van der Waals surface area contributed by atoms with Gasteiger partial charge in [0.25, 0.3) is 8.05 Å². The van der Waals surface area contributed by atoms with Crippen LogP contribution in [0, 0.1) is 0 Å². The van der Waals surface area contributed by atoms with E-state index in [2.05, 4.69) is 6.92 Å². The predicted molar refractivity (Wildman–Crippen MR) is 54.4 cm³/mol. The standard InChI is InChI=1S/C9H19BO3/c1-4-5-6-12-9(2,3)8(11)7-13-10/h4-7,10H2,1-3H3. The molecule has 0 atom stereocenters. The number of ether oxygens (including phenoxy) is 1. The molecule has 0 aliphatic heterocycles. The van der Waals surface area contributed by atoms with Crippen molar-refractivity contribution in [2.75, 3.05) is 13.2 Å². The second-order valence-corrected chi connectivity index (χ2v) is 3.57. The molecule has 0 radical (unpaired) electrons. The van der Waals surface area contributed by atoms with Crippen LogP contribution in [-0.4, -0.2) is 32.6 Å². The second kappa shape index (κ2) is 6.16. The Morgan fingerprint density at radius 1 is 1.46 bits per heavy atom. The fraction of sp³-hybridized carbons (Fsp3) is 0.889. The molecule has 0 aliphatic rings. The highest BCUT2D eigenvalue weighted by molar-refractivity contribution is 6.00. The molecule has 0 N–H and O–H groups in total. The molecule has 4 heteroatoms. The molecule has 0 saturated heterocycles. The number of ketones is 1. The van der Waals surface area contributed by atoms with Crippen LogP contribution < -0.4 is 0 Å². The topological polar surface area (TPSA) is 35.5 Å². The van der Waals surface area contributed by atoms with E-state index in [9.17, 15) is 4.79 Å². The van der Waals surface area contributed by atoms with Crippen molar-refractivity contribution in [3.8, 4) is 0 Å². The summed E-state index contributed by atoms with van der Waals surface area (Å²) in [5.74, 6) is -0.00824. The van der Waals surface area contributed by atoms with Crippen LogP contribution in [0.1, 0.15) is 33.6 Å². The van der Waals surface area contributed by atoms with Crippen molar-refractivity contribution in [3.05, 3.63) is 0 Å². The summed E-state index contributed by atoms with van der Waals surface area (Å²) in [6.07, 6.45) is 2.07. The first kappa shape index (κ1) is 12.7. The van der Waals surface area contributed by atoms with Crippen molar-refractivity contribution in [2.45, 2.75) is 39.2 Å². The van der Waals surface area contributed by atoms with Crippen molar-refractivity contribution in [3.63, 3.8) is 0 Å². The summed E-state index contributed by atoms with van der Waals surface area (Å²) in [5, 5.41) is 0. The van der Waals surface area contributed by atoms with E-state index in [0.717, 1.165) is 12.8 Å². The van der Waals surface area contributed by atoms with E-state index in [1.165, 1.54) is 8.05 Å². The Bertz CT molecular complexity index is 157. The molecular formula is C9H19BO3. The molecule has 0 aromatic rings. The van der Waals surface area contributed by atoms with E-state index in [4.69, 9.17) is 9.39 Å². The molecule has 0 saturated carbocycles. The van der Waals surface area contributed by atoms with E-state index >= 15 is 0 Å². The molecule has 13 heavy (non-hydrogen) atoms. The number of hydrogen-bond acceptors (Lipinski definition) is 3. The molecular weight excluding hydrogens is 167 g/mol. The van der Waals surface area contributed by atoms with Crippen LogP contribution >= 0.6 is 0 Å². The number of rotatable bonds is 7. The zero-order valence-corrected chi connectivity index (χ0v) is 9.05. The Kier molecular flexibility index (Phi) is 6.00. The third kappa shape index (κ3) is 5.06. The first-order valence-corrected chi connectivity index (χ1v) is 4.70. The predicted octanol–water partition coefficient (Wildman–Crippen LogP) is 0.715. The molecule has 0 rings (SSSR count). The van der Waals surface area contributed by atoms with Crippen LogP contribution in [-0.2, 0) is 14.2 Å². The van der Waals surface area contributed by atoms with Crippen molar-refractivity contribution < 1.29 is 14.2 Å². The lowest BCUT2D eigenvalue weighted by Gasteiger charge is -2.23. The van der Waals surface area contributed by atoms with E-state index < -0.39 is 5.60 Å². The number of hydrogen-bond donors (Lipinski definition) is 0. The van der Waals surface area contributed by atoms with E-state index in [1.807, 2.05) is 0 Å². The minimum Gasteiger partial charge on any atom is -0.437 e. The average Bonchev–Trinajstić information content (AvgIpc) is 2.05. The molecule has 76 valence electrons. The maximum Gasteiger partial charge on any atom is 0.257 e. The quantitative estimate of drug-likeness (QED) is 0.434. The van der Waals surface area contributed by atoms with E-state index in [-0.39, 0.29) is 12.4 Å². The molecule has 0 amide bonds. The Labute approximate surface area is 81.2 Å². The summed E-state index contributed by atoms with van der Waals surface area (Å²) in [7, 11) is 1.51. The van der Waals surface area contributed by atoms with Gasteiger partial charge in [0.15, 0.2) is 5.78 Å². The van der Waals surface area contributed by atoms with Crippen molar-refractivity contribution in [1.82, 2.24) is 0 Å². The summed E-state index contributed by atoms with van der Waals surface area (Å²) < 4.78 is 10.2. The van der Waals surface area contributed by atoms with Gasteiger partial charge in [-0.05, 0) is 20.3 Å². The lowest BCUT2D eigenvalue weighted by Crippen LogP contribution is -2.38. The number of unbranched alkanes of at least 4 members (excludes halogenated alkanes) is 1. The van der Waals surface area contributed by atoms with E-state index in [0.29, 0.717) is 6.61 Å². The second-order valence-electron chi connectivity index (χ2n) is 3.57. The largest absolute Gasteiger partial charge is 0.437 e. The summed E-state index contributed by atoms with van der Waals surface area (Å²) in [6, 6.07) is 0. The lowest BCUT2D eigenvalue weighted by atomic mass is 10.0. The normalized spacial score (nSPS) is 11.6. The Hall–Kier alpha value is -0.345. The van der Waals surface area contributed by atoms with Crippen LogP contribution in [0.4, 0.5) is 0 Å². The maximum absolute atomic E-state index is 11.4. The SMILES string of the molecule is BOCC(=O)C(C)(C)OCCCC. The zero-order valence-electron chi connectivity index (χ0n) is 9.05. The minimum absolute atomic E-state index is 0.00824. The Morgan fingerprint density at radius 2 is 2.08 bits per heavy atom. The molecule has 0 aliphatic carbocycles. The zero-order chi connectivity index (χ0) is 10.3. The third-order valence-corrected chi connectivity index (χ3v) is 1.91. The van der Waals surface area contributed by atoms with Crippen molar-refractivity contribution >= 4 is 13.8 Å². The molecule has 0 bridgehead atoms. The highest BCUT2D eigenvalue weighted by Crippen LogP contribution is 2.11. The fourth-order valence-corrected chi connectivity index (χ4v) is 0.857. The van der Waals surface area contributed by atoms with E-state index in [1.54, 1.807) is 13.8 Å². The minimum atomic E-state index is -0.703. The van der Waals surface area contributed by atoms with Crippen LogP contribution in [0.25, 0.3) is 0 Å². The van der Waals surface area contributed by atoms with Gasteiger partial charge >= 0.3 is 0 Å². The molecule has 3 nitrogen and oxygen atoms in total. The fourth-order valence-electron chi connectivity index (χ4n) is 0.857.